The molecule has 0 aromatic heterocycles. The molecule has 0 saturated heterocycles. The van der Waals surface area contributed by atoms with Crippen molar-refractivity contribution < 1.29 is 18.7 Å². The Hall–Kier alpha value is -0.670. The van der Waals surface area contributed by atoms with E-state index in [0.717, 1.165) is 0 Å². The molecule has 1 saturated carbocycles. The normalized spacial score (nSPS) is 34.6. The molecule has 0 heterocycles. The molecule has 1 rings (SSSR count). The van der Waals surface area contributed by atoms with Crippen molar-refractivity contribution in [1.29, 1.82) is 0 Å². The largest absolute Gasteiger partial charge is 0.481 e. The molecule has 0 bridgehead atoms. The summed E-state index contributed by atoms with van der Waals surface area (Å²) in [6.07, 6.45) is 0.526. The number of hydrogen-bond donors (Lipinski definition) is 1. The zero-order chi connectivity index (χ0) is 9.35. The van der Waals surface area contributed by atoms with Crippen molar-refractivity contribution in [2.75, 3.05) is 0 Å². The average Bonchev–Trinajstić information content (AvgIpc) is 1.94. The summed E-state index contributed by atoms with van der Waals surface area (Å²) in [6, 6.07) is 0. The fraction of sp³-hybridized carbons (Fsp3) is 0.875. The third kappa shape index (κ3) is 1.57. The third-order valence-electron chi connectivity index (χ3n) is 2.61. The lowest BCUT2D eigenvalue weighted by Crippen LogP contribution is -2.39. The van der Waals surface area contributed by atoms with Crippen LogP contribution in [0.25, 0.3) is 0 Å². The highest BCUT2D eigenvalue weighted by atomic mass is 19.3. The molecule has 2 nitrogen and oxygen atoms in total. The van der Waals surface area contributed by atoms with Gasteiger partial charge in [-0.3, -0.25) is 4.79 Å². The lowest BCUT2D eigenvalue weighted by molar-refractivity contribution is -0.158. The molecule has 1 N–H and O–H groups in total. The van der Waals surface area contributed by atoms with Gasteiger partial charge in [0.25, 0.3) is 5.92 Å². The molecule has 1 fully saturated rings. The van der Waals surface area contributed by atoms with Gasteiger partial charge in [0.2, 0.25) is 0 Å². The van der Waals surface area contributed by atoms with Gasteiger partial charge in [-0.05, 0) is 12.8 Å². The Kier molecular flexibility index (Phi) is 2.35. The summed E-state index contributed by atoms with van der Waals surface area (Å²) in [5, 5.41) is 8.61. The average molecular weight is 178 g/mol. The highest BCUT2D eigenvalue weighted by molar-refractivity contribution is 5.70. The summed E-state index contributed by atoms with van der Waals surface area (Å²) in [7, 11) is 0. The number of hydrogen-bond acceptors (Lipinski definition) is 1. The van der Waals surface area contributed by atoms with Gasteiger partial charge in [-0.1, -0.05) is 6.92 Å². The first-order valence-electron chi connectivity index (χ1n) is 4.06. The summed E-state index contributed by atoms with van der Waals surface area (Å²) >= 11 is 0. The minimum atomic E-state index is -2.79. The molecule has 12 heavy (non-hydrogen) atoms. The maximum atomic E-state index is 12.9. The van der Waals surface area contributed by atoms with Crippen LogP contribution in [0.3, 0.4) is 0 Å². The molecule has 70 valence electrons. The summed E-state index contributed by atoms with van der Waals surface area (Å²) in [5.74, 6) is -5.78. The van der Waals surface area contributed by atoms with Crippen LogP contribution in [0.4, 0.5) is 8.78 Å². The molecule has 0 aromatic carbocycles. The van der Waals surface area contributed by atoms with Gasteiger partial charge < -0.3 is 5.11 Å². The number of carbonyl (C=O) groups is 1. The number of rotatable bonds is 1. The predicted octanol–water partition coefficient (Wildman–Crippen LogP) is 2.14. The standard InChI is InChI=1S/C8H12F2O2/c1-5-6(7(11)12)3-2-4-8(5,9)10/h5-6H,2-4H2,1H3,(H,11,12)/t5-,6+/m1/s1. The van der Waals surface area contributed by atoms with Crippen molar-refractivity contribution in [3.05, 3.63) is 0 Å². The van der Waals surface area contributed by atoms with Crippen LogP contribution < -0.4 is 0 Å². The third-order valence-corrected chi connectivity index (χ3v) is 2.61. The molecule has 2 atom stereocenters. The maximum absolute atomic E-state index is 12.9. The van der Waals surface area contributed by atoms with Crippen molar-refractivity contribution in [1.82, 2.24) is 0 Å². The second-order valence-electron chi connectivity index (χ2n) is 3.39. The highest BCUT2D eigenvalue weighted by Gasteiger charge is 2.46. The van der Waals surface area contributed by atoms with Gasteiger partial charge in [0.05, 0.1) is 5.92 Å². The van der Waals surface area contributed by atoms with E-state index in [1.165, 1.54) is 6.92 Å². The van der Waals surface area contributed by atoms with E-state index >= 15 is 0 Å². The van der Waals surface area contributed by atoms with Crippen LogP contribution in [0, 0.1) is 11.8 Å². The molecule has 1 aliphatic carbocycles. The minimum Gasteiger partial charge on any atom is -0.481 e. The molecular formula is C8H12F2O2. The molecule has 1 aliphatic rings. The van der Waals surface area contributed by atoms with E-state index in [4.69, 9.17) is 5.11 Å². The number of aliphatic carboxylic acids is 1. The molecule has 0 spiro atoms. The van der Waals surface area contributed by atoms with Crippen molar-refractivity contribution in [3.63, 3.8) is 0 Å². The molecule has 0 aromatic rings. The first kappa shape index (κ1) is 9.42. The lowest BCUT2D eigenvalue weighted by atomic mass is 9.78. The smallest absolute Gasteiger partial charge is 0.306 e. The molecule has 0 radical (unpaired) electrons. The molecular weight excluding hydrogens is 166 g/mol. The van der Waals surface area contributed by atoms with E-state index in [-0.39, 0.29) is 6.42 Å². The van der Waals surface area contributed by atoms with Gasteiger partial charge in [0.15, 0.2) is 0 Å². The van der Waals surface area contributed by atoms with E-state index in [9.17, 15) is 13.6 Å². The van der Waals surface area contributed by atoms with Crippen molar-refractivity contribution >= 4 is 5.97 Å². The monoisotopic (exact) mass is 178 g/mol. The van der Waals surface area contributed by atoms with E-state index in [1.807, 2.05) is 0 Å². The quantitative estimate of drug-likeness (QED) is 0.667. The Balaban J connectivity index is 2.73. The second-order valence-corrected chi connectivity index (χ2v) is 3.39. The Morgan fingerprint density at radius 3 is 2.58 bits per heavy atom. The number of alkyl halides is 2. The highest BCUT2D eigenvalue weighted by Crippen LogP contribution is 2.41. The van der Waals surface area contributed by atoms with Gasteiger partial charge >= 0.3 is 5.97 Å². The fourth-order valence-electron chi connectivity index (χ4n) is 1.67. The van der Waals surface area contributed by atoms with Crippen molar-refractivity contribution in [2.24, 2.45) is 11.8 Å². The second kappa shape index (κ2) is 2.99. The van der Waals surface area contributed by atoms with Crippen LogP contribution in [-0.4, -0.2) is 17.0 Å². The topological polar surface area (TPSA) is 37.3 Å². The van der Waals surface area contributed by atoms with Gasteiger partial charge in [0, 0.05) is 12.3 Å². The summed E-state index contributed by atoms with van der Waals surface area (Å²) in [5.41, 5.74) is 0. The van der Waals surface area contributed by atoms with E-state index in [2.05, 4.69) is 0 Å². The number of halogens is 2. The molecule has 4 heteroatoms. The van der Waals surface area contributed by atoms with Crippen LogP contribution in [0.1, 0.15) is 26.2 Å². The van der Waals surface area contributed by atoms with E-state index in [1.54, 1.807) is 0 Å². The molecule has 0 unspecified atom stereocenters. The zero-order valence-corrected chi connectivity index (χ0v) is 6.89. The Bertz CT molecular complexity index is 191. The maximum Gasteiger partial charge on any atom is 0.306 e. The van der Waals surface area contributed by atoms with Crippen LogP contribution >= 0.6 is 0 Å². The van der Waals surface area contributed by atoms with Crippen molar-refractivity contribution in [2.45, 2.75) is 32.1 Å². The fourth-order valence-corrected chi connectivity index (χ4v) is 1.67. The van der Waals surface area contributed by atoms with Gasteiger partial charge in [0.1, 0.15) is 0 Å². The lowest BCUT2D eigenvalue weighted by Gasteiger charge is -2.33. The Morgan fingerprint density at radius 1 is 1.58 bits per heavy atom. The first-order valence-corrected chi connectivity index (χ1v) is 4.06. The van der Waals surface area contributed by atoms with Crippen LogP contribution in [0.15, 0.2) is 0 Å². The predicted molar refractivity (Wildman–Crippen MR) is 39.1 cm³/mol. The van der Waals surface area contributed by atoms with E-state index in [0.29, 0.717) is 12.8 Å². The van der Waals surface area contributed by atoms with Gasteiger partial charge in [-0.15, -0.1) is 0 Å². The van der Waals surface area contributed by atoms with Crippen LogP contribution in [-0.2, 0) is 4.79 Å². The Labute approximate surface area is 69.6 Å². The SMILES string of the molecule is C[C@@H]1[C@@H](C(=O)O)CCCC1(F)F. The minimum absolute atomic E-state index is 0.169. The molecule has 0 amide bonds. The van der Waals surface area contributed by atoms with Gasteiger partial charge in [-0.25, -0.2) is 8.78 Å². The zero-order valence-electron chi connectivity index (χ0n) is 6.89. The number of carboxylic acids is 1. The van der Waals surface area contributed by atoms with Crippen molar-refractivity contribution in [3.8, 4) is 0 Å². The van der Waals surface area contributed by atoms with Gasteiger partial charge in [-0.2, -0.15) is 0 Å². The van der Waals surface area contributed by atoms with Crippen LogP contribution in [0.2, 0.25) is 0 Å². The summed E-state index contributed by atoms with van der Waals surface area (Å²) in [4.78, 5) is 10.5. The Morgan fingerprint density at radius 2 is 2.17 bits per heavy atom. The summed E-state index contributed by atoms with van der Waals surface area (Å²) in [6.45, 7) is 1.32. The molecule has 0 aliphatic heterocycles. The van der Waals surface area contributed by atoms with E-state index < -0.39 is 23.7 Å². The summed E-state index contributed by atoms with van der Waals surface area (Å²) < 4.78 is 25.9. The number of carboxylic acid groups (broad SMARTS) is 1. The first-order chi connectivity index (χ1) is 5.45. The van der Waals surface area contributed by atoms with Crippen LogP contribution in [0.5, 0.6) is 0 Å².